The Bertz CT molecular complexity index is 273. The molecule has 0 aromatic carbocycles. The minimum absolute atomic E-state index is 0.734. The summed E-state index contributed by atoms with van der Waals surface area (Å²) in [6, 6.07) is 0.734. The molecule has 2 N–H and O–H groups in total. The van der Waals surface area contributed by atoms with E-state index in [1.54, 1.807) is 0 Å². The third kappa shape index (κ3) is 3.24. The Morgan fingerprint density at radius 2 is 2.53 bits per heavy atom. The molecule has 1 saturated carbocycles. The molecule has 0 bridgehead atoms. The number of nitrogens with one attached hydrogen (secondary N) is 2. The van der Waals surface area contributed by atoms with Crippen LogP contribution in [-0.2, 0) is 0 Å². The van der Waals surface area contributed by atoms with E-state index in [2.05, 4.69) is 22.2 Å². The number of hydrogen-bond acceptors (Lipinski definition) is 3. The van der Waals surface area contributed by atoms with Gasteiger partial charge in [-0.05, 0) is 32.2 Å². The molecule has 4 heteroatoms. The molecule has 0 saturated heterocycles. The summed E-state index contributed by atoms with van der Waals surface area (Å²) in [5.41, 5.74) is 0. The molecule has 1 aliphatic carbocycles. The molecule has 1 aliphatic rings. The van der Waals surface area contributed by atoms with Gasteiger partial charge in [-0.15, -0.1) is 0 Å². The van der Waals surface area contributed by atoms with Crippen LogP contribution in [0.4, 0.5) is 0 Å². The van der Waals surface area contributed by atoms with Crippen LogP contribution in [0.1, 0.15) is 32.6 Å². The molecule has 0 amide bonds. The number of hydrogen-bond donors (Lipinski definition) is 2. The maximum absolute atomic E-state index is 4.25. The molecule has 0 aliphatic heterocycles. The van der Waals surface area contributed by atoms with Crippen molar-refractivity contribution >= 4 is 11.8 Å². The van der Waals surface area contributed by atoms with Crippen molar-refractivity contribution in [2.75, 3.05) is 6.54 Å². The molecule has 1 aromatic rings. The molecule has 15 heavy (non-hydrogen) atoms. The first kappa shape index (κ1) is 11.0. The second-order valence-corrected chi connectivity index (χ2v) is 5.39. The lowest BCUT2D eigenvalue weighted by molar-refractivity contribution is 0.524. The van der Waals surface area contributed by atoms with E-state index in [-0.39, 0.29) is 0 Å². The summed E-state index contributed by atoms with van der Waals surface area (Å²) >= 11 is 1.89. The lowest BCUT2D eigenvalue weighted by Gasteiger charge is -2.11. The Morgan fingerprint density at radius 1 is 1.60 bits per heavy atom. The largest absolute Gasteiger partial charge is 0.340 e. The molecule has 84 valence electrons. The number of thioether (sulfide) groups is 1. The molecular weight excluding hydrogens is 206 g/mol. The van der Waals surface area contributed by atoms with Crippen LogP contribution in [0.2, 0.25) is 0 Å². The van der Waals surface area contributed by atoms with Crippen molar-refractivity contribution < 1.29 is 0 Å². The van der Waals surface area contributed by atoms with E-state index in [0.29, 0.717) is 0 Å². The number of nitrogens with zero attached hydrogens (tertiary/aromatic N) is 1. The summed E-state index contributed by atoms with van der Waals surface area (Å²) in [7, 11) is 0. The van der Waals surface area contributed by atoms with Gasteiger partial charge >= 0.3 is 0 Å². The molecule has 1 heterocycles. The Kier molecular flexibility index (Phi) is 4.09. The predicted molar refractivity (Wildman–Crippen MR) is 64.2 cm³/mol. The van der Waals surface area contributed by atoms with Crippen molar-refractivity contribution in [1.29, 1.82) is 0 Å². The average molecular weight is 225 g/mol. The van der Waals surface area contributed by atoms with Crippen LogP contribution in [0.3, 0.4) is 0 Å². The van der Waals surface area contributed by atoms with Gasteiger partial charge in [0, 0.05) is 23.7 Å². The summed E-state index contributed by atoms with van der Waals surface area (Å²) in [4.78, 5) is 7.41. The number of rotatable bonds is 5. The normalized spacial score (nSPS) is 25.9. The van der Waals surface area contributed by atoms with Gasteiger partial charge in [-0.2, -0.15) is 0 Å². The van der Waals surface area contributed by atoms with Gasteiger partial charge in [0.1, 0.15) is 0 Å². The SMILES string of the molecule is CCCNC1CCC(Sc2ncc[nH]2)C1. The highest BCUT2D eigenvalue weighted by Gasteiger charge is 2.25. The summed E-state index contributed by atoms with van der Waals surface area (Å²) in [5.74, 6) is 0. The summed E-state index contributed by atoms with van der Waals surface area (Å²) in [5, 5.41) is 5.40. The van der Waals surface area contributed by atoms with Crippen LogP contribution < -0.4 is 5.32 Å². The standard InChI is InChI=1S/C11H19N3S/c1-2-5-12-9-3-4-10(8-9)15-11-13-6-7-14-11/h6-7,9-10,12H,2-5,8H2,1H3,(H,13,14). The van der Waals surface area contributed by atoms with Crippen LogP contribution in [-0.4, -0.2) is 27.8 Å². The third-order valence-corrected chi connectivity index (χ3v) is 4.03. The maximum atomic E-state index is 4.25. The van der Waals surface area contributed by atoms with E-state index >= 15 is 0 Å². The predicted octanol–water partition coefficient (Wildman–Crippen LogP) is 2.42. The van der Waals surface area contributed by atoms with E-state index in [9.17, 15) is 0 Å². The van der Waals surface area contributed by atoms with Crippen LogP contribution in [0, 0.1) is 0 Å². The highest BCUT2D eigenvalue weighted by atomic mass is 32.2. The highest BCUT2D eigenvalue weighted by Crippen LogP contribution is 2.33. The van der Waals surface area contributed by atoms with Crippen LogP contribution in [0.15, 0.2) is 17.6 Å². The minimum Gasteiger partial charge on any atom is -0.340 e. The van der Waals surface area contributed by atoms with Crippen LogP contribution in [0.5, 0.6) is 0 Å². The maximum Gasteiger partial charge on any atom is 0.165 e. The monoisotopic (exact) mass is 225 g/mol. The van der Waals surface area contributed by atoms with Crippen molar-refractivity contribution in [2.24, 2.45) is 0 Å². The van der Waals surface area contributed by atoms with E-state index < -0.39 is 0 Å². The quantitative estimate of drug-likeness (QED) is 0.808. The Morgan fingerprint density at radius 3 is 3.27 bits per heavy atom. The first-order chi connectivity index (χ1) is 7.38. The van der Waals surface area contributed by atoms with E-state index in [1.165, 1.54) is 25.7 Å². The molecular formula is C11H19N3S. The third-order valence-electron chi connectivity index (χ3n) is 2.82. The van der Waals surface area contributed by atoms with Crippen molar-refractivity contribution in [3.05, 3.63) is 12.4 Å². The smallest absolute Gasteiger partial charge is 0.165 e. The molecule has 3 nitrogen and oxygen atoms in total. The molecule has 2 atom stereocenters. The highest BCUT2D eigenvalue weighted by molar-refractivity contribution is 7.99. The lowest BCUT2D eigenvalue weighted by atomic mass is 10.2. The fourth-order valence-electron chi connectivity index (χ4n) is 2.05. The number of H-pyrrole nitrogens is 1. The fourth-order valence-corrected chi connectivity index (χ4v) is 3.21. The number of aromatic nitrogens is 2. The summed E-state index contributed by atoms with van der Waals surface area (Å²) in [6.07, 6.45) is 8.86. The summed E-state index contributed by atoms with van der Waals surface area (Å²) in [6.45, 7) is 3.37. The molecule has 0 spiro atoms. The minimum atomic E-state index is 0.734. The molecule has 1 aromatic heterocycles. The van der Waals surface area contributed by atoms with Crippen molar-refractivity contribution in [3.8, 4) is 0 Å². The van der Waals surface area contributed by atoms with Gasteiger partial charge in [-0.1, -0.05) is 18.7 Å². The van der Waals surface area contributed by atoms with Gasteiger partial charge < -0.3 is 10.3 Å². The van der Waals surface area contributed by atoms with Crippen molar-refractivity contribution in [1.82, 2.24) is 15.3 Å². The molecule has 2 rings (SSSR count). The zero-order chi connectivity index (χ0) is 10.5. The van der Waals surface area contributed by atoms with Gasteiger partial charge in [-0.3, -0.25) is 0 Å². The van der Waals surface area contributed by atoms with E-state index in [1.807, 2.05) is 24.2 Å². The fraction of sp³-hybridized carbons (Fsp3) is 0.727. The summed E-state index contributed by atoms with van der Waals surface area (Å²) < 4.78 is 0. The number of imidazole rings is 1. The van der Waals surface area contributed by atoms with Gasteiger partial charge in [0.2, 0.25) is 0 Å². The number of aromatic amines is 1. The zero-order valence-electron chi connectivity index (χ0n) is 9.20. The Hall–Kier alpha value is -0.480. The second-order valence-electron chi connectivity index (χ2n) is 4.10. The Balaban J connectivity index is 1.73. The van der Waals surface area contributed by atoms with Crippen molar-refractivity contribution in [3.63, 3.8) is 0 Å². The van der Waals surface area contributed by atoms with Crippen LogP contribution >= 0.6 is 11.8 Å². The molecule has 1 fully saturated rings. The topological polar surface area (TPSA) is 40.7 Å². The van der Waals surface area contributed by atoms with E-state index in [0.717, 1.165) is 23.0 Å². The first-order valence-electron chi connectivity index (χ1n) is 5.78. The van der Waals surface area contributed by atoms with Gasteiger partial charge in [0.15, 0.2) is 5.16 Å². The van der Waals surface area contributed by atoms with E-state index in [4.69, 9.17) is 0 Å². The first-order valence-corrected chi connectivity index (χ1v) is 6.66. The molecule has 0 radical (unpaired) electrons. The van der Waals surface area contributed by atoms with Gasteiger partial charge in [0.05, 0.1) is 0 Å². The lowest BCUT2D eigenvalue weighted by Crippen LogP contribution is -2.27. The van der Waals surface area contributed by atoms with Crippen LogP contribution in [0.25, 0.3) is 0 Å². The zero-order valence-corrected chi connectivity index (χ0v) is 10.0. The molecule has 2 unspecified atom stereocenters. The van der Waals surface area contributed by atoms with Gasteiger partial charge in [0.25, 0.3) is 0 Å². The van der Waals surface area contributed by atoms with Gasteiger partial charge in [-0.25, -0.2) is 4.98 Å². The second kappa shape index (κ2) is 5.56. The van der Waals surface area contributed by atoms with Crippen molar-refractivity contribution in [2.45, 2.75) is 49.1 Å². The average Bonchev–Trinajstić information content (AvgIpc) is 2.87. The Labute approximate surface area is 95.4 Å².